The summed E-state index contributed by atoms with van der Waals surface area (Å²) in [6, 6.07) is 1.87. The van der Waals surface area contributed by atoms with Crippen LogP contribution in [0.1, 0.15) is 37.2 Å². The molecule has 2 N–H and O–H groups in total. The van der Waals surface area contributed by atoms with Gasteiger partial charge in [-0.1, -0.05) is 13.8 Å². The van der Waals surface area contributed by atoms with Crippen molar-refractivity contribution in [3.63, 3.8) is 0 Å². The van der Waals surface area contributed by atoms with Gasteiger partial charge >= 0.3 is 0 Å². The zero-order valence-electron chi connectivity index (χ0n) is 11.1. The van der Waals surface area contributed by atoms with Crippen LogP contribution in [-0.2, 0) is 6.54 Å². The number of aromatic nitrogens is 1. The Balaban J connectivity index is 2.45. The number of hydrogen-bond donors (Lipinski definition) is 2. The summed E-state index contributed by atoms with van der Waals surface area (Å²) in [6.07, 6.45) is 4.08. The van der Waals surface area contributed by atoms with Crippen LogP contribution in [0.2, 0.25) is 0 Å². The number of carbonyl (C=O) groups excluding carboxylic acids is 1. The molecule has 0 aliphatic rings. The molecule has 0 aliphatic heterocycles. The van der Waals surface area contributed by atoms with E-state index in [0.29, 0.717) is 6.54 Å². The molecule has 1 aromatic heterocycles. The summed E-state index contributed by atoms with van der Waals surface area (Å²) in [5.41, 5.74) is 0.721. The maximum atomic E-state index is 12.0. The van der Waals surface area contributed by atoms with Crippen LogP contribution in [0.4, 0.5) is 0 Å². The van der Waals surface area contributed by atoms with Crippen molar-refractivity contribution in [2.24, 2.45) is 0 Å². The van der Waals surface area contributed by atoms with Crippen LogP contribution < -0.4 is 10.6 Å². The van der Waals surface area contributed by atoms with Gasteiger partial charge in [-0.15, -0.1) is 0 Å². The van der Waals surface area contributed by atoms with Crippen molar-refractivity contribution in [1.29, 1.82) is 0 Å². The summed E-state index contributed by atoms with van der Waals surface area (Å²) >= 11 is 3.41. The number of rotatable bonds is 8. The molecule has 0 bridgehead atoms. The minimum absolute atomic E-state index is 0.00699. The molecule has 0 fully saturated rings. The topological polar surface area (TPSA) is 46.1 Å². The van der Waals surface area contributed by atoms with Gasteiger partial charge in [-0.25, -0.2) is 0 Å². The third-order valence-electron chi connectivity index (χ3n) is 2.57. The van der Waals surface area contributed by atoms with E-state index in [9.17, 15) is 4.79 Å². The fraction of sp³-hybridized carbons (Fsp3) is 0.615. The molecule has 0 unspecified atom stereocenters. The molecule has 0 aromatic carbocycles. The quantitative estimate of drug-likeness (QED) is 0.724. The Morgan fingerprint density at radius 3 is 2.72 bits per heavy atom. The van der Waals surface area contributed by atoms with Gasteiger partial charge in [0.15, 0.2) is 0 Å². The molecule has 0 saturated carbocycles. The fourth-order valence-corrected chi connectivity index (χ4v) is 2.21. The normalized spacial score (nSPS) is 10.6. The first-order chi connectivity index (χ1) is 8.69. The zero-order valence-corrected chi connectivity index (χ0v) is 12.7. The minimum Gasteiger partial charge on any atom is -0.349 e. The lowest BCUT2D eigenvalue weighted by Gasteiger charge is -2.09. The minimum atomic E-state index is -0.00699. The molecular formula is C13H22BrN3O. The molecule has 0 atom stereocenters. The van der Waals surface area contributed by atoms with E-state index in [-0.39, 0.29) is 5.91 Å². The molecule has 4 nitrogen and oxygen atoms in total. The largest absolute Gasteiger partial charge is 0.349 e. The number of amides is 1. The number of nitrogens with one attached hydrogen (secondary N) is 2. The van der Waals surface area contributed by atoms with E-state index in [2.05, 4.69) is 40.4 Å². The first-order valence-electron chi connectivity index (χ1n) is 6.53. The van der Waals surface area contributed by atoms with Crippen molar-refractivity contribution in [2.75, 3.05) is 19.6 Å². The van der Waals surface area contributed by atoms with Gasteiger partial charge in [-0.05, 0) is 41.4 Å². The molecule has 102 valence electrons. The van der Waals surface area contributed by atoms with Crippen LogP contribution in [0.15, 0.2) is 16.7 Å². The van der Waals surface area contributed by atoms with Gasteiger partial charge in [0, 0.05) is 30.3 Å². The summed E-state index contributed by atoms with van der Waals surface area (Å²) < 4.78 is 2.93. The molecule has 1 rings (SSSR count). The van der Waals surface area contributed by atoms with Gasteiger partial charge in [0.25, 0.3) is 5.91 Å². The van der Waals surface area contributed by atoms with E-state index >= 15 is 0 Å². The highest BCUT2D eigenvalue weighted by Crippen LogP contribution is 2.15. The van der Waals surface area contributed by atoms with Crippen LogP contribution >= 0.6 is 15.9 Å². The Hall–Kier alpha value is -0.810. The van der Waals surface area contributed by atoms with Crippen molar-refractivity contribution in [3.8, 4) is 0 Å². The number of hydrogen-bond acceptors (Lipinski definition) is 2. The number of carbonyl (C=O) groups is 1. The molecule has 0 aliphatic carbocycles. The van der Waals surface area contributed by atoms with Crippen molar-refractivity contribution < 1.29 is 4.79 Å². The maximum Gasteiger partial charge on any atom is 0.267 e. The first-order valence-corrected chi connectivity index (χ1v) is 7.33. The lowest BCUT2D eigenvalue weighted by Crippen LogP contribution is -2.33. The van der Waals surface area contributed by atoms with Gasteiger partial charge in [0.05, 0.1) is 0 Å². The number of nitrogens with zero attached hydrogens (tertiary/aromatic N) is 1. The van der Waals surface area contributed by atoms with Crippen molar-refractivity contribution in [3.05, 3.63) is 22.4 Å². The van der Waals surface area contributed by atoms with Crippen LogP contribution in [0, 0.1) is 0 Å². The Bertz CT molecular complexity index is 376. The maximum absolute atomic E-state index is 12.0. The van der Waals surface area contributed by atoms with E-state index in [1.807, 2.05) is 16.8 Å². The summed E-state index contributed by atoms with van der Waals surface area (Å²) in [6.45, 7) is 7.56. The van der Waals surface area contributed by atoms with Crippen LogP contribution in [0.25, 0.3) is 0 Å². The smallest absolute Gasteiger partial charge is 0.267 e. The highest BCUT2D eigenvalue weighted by atomic mass is 79.9. The van der Waals surface area contributed by atoms with E-state index in [1.54, 1.807) is 0 Å². The molecule has 0 radical (unpaired) electrons. The Morgan fingerprint density at radius 1 is 1.28 bits per heavy atom. The zero-order chi connectivity index (χ0) is 13.4. The van der Waals surface area contributed by atoms with Crippen molar-refractivity contribution in [2.45, 2.75) is 33.2 Å². The second-order valence-electron chi connectivity index (χ2n) is 4.24. The molecule has 0 spiro atoms. The lowest BCUT2D eigenvalue weighted by atomic mass is 10.3. The third-order valence-corrected chi connectivity index (χ3v) is 3.01. The second kappa shape index (κ2) is 8.32. The Kier molecular flexibility index (Phi) is 7.05. The van der Waals surface area contributed by atoms with Crippen LogP contribution in [-0.4, -0.2) is 30.1 Å². The fourth-order valence-electron chi connectivity index (χ4n) is 1.75. The van der Waals surface area contributed by atoms with Crippen LogP contribution in [0.5, 0.6) is 0 Å². The number of halogens is 1. The van der Waals surface area contributed by atoms with Crippen molar-refractivity contribution >= 4 is 21.8 Å². The molecular weight excluding hydrogens is 294 g/mol. The SMILES string of the molecule is CCCNCCNC(=O)c1cc(Br)cn1CCC. The summed E-state index contributed by atoms with van der Waals surface area (Å²) in [7, 11) is 0. The first kappa shape index (κ1) is 15.2. The number of aryl methyl sites for hydroxylation is 1. The average Bonchev–Trinajstić information content (AvgIpc) is 2.70. The molecule has 5 heteroatoms. The van der Waals surface area contributed by atoms with Gasteiger partial charge in [-0.2, -0.15) is 0 Å². The standard InChI is InChI=1S/C13H22BrN3O/c1-3-5-15-6-7-16-13(18)12-9-11(14)10-17(12)8-4-2/h9-10,15H,3-8H2,1-2H3,(H,16,18). The summed E-state index contributed by atoms with van der Waals surface area (Å²) in [5.74, 6) is -0.00699. The van der Waals surface area contributed by atoms with E-state index in [1.165, 1.54) is 0 Å². The van der Waals surface area contributed by atoms with Crippen LogP contribution in [0.3, 0.4) is 0 Å². The molecule has 1 amide bonds. The highest BCUT2D eigenvalue weighted by Gasteiger charge is 2.11. The Labute approximate surface area is 117 Å². The monoisotopic (exact) mass is 315 g/mol. The molecule has 0 saturated heterocycles. The molecule has 18 heavy (non-hydrogen) atoms. The van der Waals surface area contributed by atoms with Gasteiger partial charge < -0.3 is 15.2 Å². The van der Waals surface area contributed by atoms with Crippen molar-refractivity contribution in [1.82, 2.24) is 15.2 Å². The third kappa shape index (κ3) is 4.82. The lowest BCUT2D eigenvalue weighted by molar-refractivity contribution is 0.0944. The summed E-state index contributed by atoms with van der Waals surface area (Å²) in [5, 5.41) is 6.18. The predicted molar refractivity (Wildman–Crippen MR) is 77.9 cm³/mol. The van der Waals surface area contributed by atoms with Gasteiger partial charge in [-0.3, -0.25) is 4.79 Å². The molecule has 1 heterocycles. The Morgan fingerprint density at radius 2 is 2.06 bits per heavy atom. The van der Waals surface area contributed by atoms with E-state index < -0.39 is 0 Å². The van der Waals surface area contributed by atoms with Gasteiger partial charge in [0.1, 0.15) is 5.69 Å². The highest BCUT2D eigenvalue weighted by molar-refractivity contribution is 9.10. The second-order valence-corrected chi connectivity index (χ2v) is 5.16. The molecule has 1 aromatic rings. The van der Waals surface area contributed by atoms with Gasteiger partial charge in [0.2, 0.25) is 0 Å². The predicted octanol–water partition coefficient (Wildman–Crippen LogP) is 2.39. The van der Waals surface area contributed by atoms with E-state index in [0.717, 1.165) is 42.6 Å². The summed E-state index contributed by atoms with van der Waals surface area (Å²) in [4.78, 5) is 12.0. The average molecular weight is 316 g/mol. The van der Waals surface area contributed by atoms with E-state index in [4.69, 9.17) is 0 Å².